The number of pyridine rings is 1. The lowest BCUT2D eigenvalue weighted by atomic mass is 10.0. The summed E-state index contributed by atoms with van der Waals surface area (Å²) < 4.78 is 29.5. The molecule has 5 nitrogen and oxygen atoms in total. The summed E-state index contributed by atoms with van der Waals surface area (Å²) in [4.78, 5) is 5.86. The highest BCUT2D eigenvalue weighted by atomic mass is 79.9. The van der Waals surface area contributed by atoms with Crippen molar-refractivity contribution in [1.29, 1.82) is 0 Å². The SMILES string of the molecule is C=Cc1c(NS(=O)(=O)c2ccc(Br)cc2)cc(Sc2cccc3cccnc23)c(O)c1C=C. The second-order valence-electron chi connectivity index (χ2n) is 7.00. The Morgan fingerprint density at radius 1 is 0.970 bits per heavy atom. The molecule has 0 aliphatic rings. The number of benzene rings is 3. The molecule has 0 amide bonds. The second kappa shape index (κ2) is 9.43. The second-order valence-corrected chi connectivity index (χ2v) is 10.7. The molecule has 0 aliphatic carbocycles. The largest absolute Gasteiger partial charge is 0.506 e. The van der Waals surface area contributed by atoms with Gasteiger partial charge in [-0.2, -0.15) is 0 Å². The molecule has 1 aromatic heterocycles. The number of hydrogen-bond donors (Lipinski definition) is 2. The van der Waals surface area contributed by atoms with Crippen LogP contribution in [0.1, 0.15) is 11.1 Å². The highest BCUT2D eigenvalue weighted by Gasteiger charge is 2.21. The molecule has 3 aromatic carbocycles. The molecule has 4 aromatic rings. The minimum Gasteiger partial charge on any atom is -0.506 e. The van der Waals surface area contributed by atoms with Gasteiger partial charge < -0.3 is 5.11 Å². The van der Waals surface area contributed by atoms with E-state index in [-0.39, 0.29) is 16.3 Å². The number of para-hydroxylation sites is 1. The highest BCUT2D eigenvalue weighted by molar-refractivity contribution is 9.10. The maximum Gasteiger partial charge on any atom is 0.261 e. The Bertz CT molecular complexity index is 1480. The van der Waals surface area contributed by atoms with Crippen LogP contribution in [-0.2, 0) is 10.0 Å². The van der Waals surface area contributed by atoms with E-state index in [1.165, 1.54) is 36.0 Å². The number of nitrogens with zero attached hydrogens (tertiary/aromatic N) is 1. The zero-order valence-corrected chi connectivity index (χ0v) is 20.5. The molecule has 0 atom stereocenters. The number of phenols is 1. The van der Waals surface area contributed by atoms with Gasteiger partial charge in [0.05, 0.1) is 21.0 Å². The summed E-state index contributed by atoms with van der Waals surface area (Å²) in [7, 11) is -3.88. The van der Waals surface area contributed by atoms with Crippen LogP contribution < -0.4 is 4.72 Å². The first-order valence-electron chi connectivity index (χ1n) is 9.79. The molecular weight excluding hydrogens is 520 g/mol. The third-order valence-electron chi connectivity index (χ3n) is 4.94. The Balaban J connectivity index is 1.82. The molecule has 33 heavy (non-hydrogen) atoms. The van der Waals surface area contributed by atoms with Crippen LogP contribution in [0.2, 0.25) is 0 Å². The zero-order chi connectivity index (χ0) is 23.6. The van der Waals surface area contributed by atoms with Gasteiger partial charge in [-0.05, 0) is 42.5 Å². The van der Waals surface area contributed by atoms with Gasteiger partial charge in [-0.3, -0.25) is 9.71 Å². The average molecular weight is 539 g/mol. The minimum absolute atomic E-state index is 0.00979. The minimum atomic E-state index is -3.88. The van der Waals surface area contributed by atoms with Gasteiger partial charge in [0.25, 0.3) is 10.0 Å². The van der Waals surface area contributed by atoms with E-state index < -0.39 is 10.0 Å². The van der Waals surface area contributed by atoms with E-state index in [1.807, 2.05) is 30.3 Å². The zero-order valence-electron chi connectivity index (χ0n) is 17.3. The fourth-order valence-electron chi connectivity index (χ4n) is 3.37. The molecule has 0 radical (unpaired) electrons. The van der Waals surface area contributed by atoms with Crippen LogP contribution in [0.15, 0.2) is 99.2 Å². The first-order chi connectivity index (χ1) is 15.8. The summed E-state index contributed by atoms with van der Waals surface area (Å²) in [6.45, 7) is 7.59. The first kappa shape index (κ1) is 23.1. The lowest BCUT2D eigenvalue weighted by Gasteiger charge is -2.17. The number of aromatic hydroxyl groups is 1. The van der Waals surface area contributed by atoms with Crippen LogP contribution in [0.25, 0.3) is 23.1 Å². The van der Waals surface area contributed by atoms with E-state index in [0.717, 1.165) is 20.3 Å². The van der Waals surface area contributed by atoms with Gasteiger partial charge in [0.1, 0.15) is 5.75 Å². The molecule has 0 saturated heterocycles. The predicted octanol–water partition coefficient (Wildman–Crippen LogP) is 6.94. The van der Waals surface area contributed by atoms with Crippen molar-refractivity contribution < 1.29 is 13.5 Å². The van der Waals surface area contributed by atoms with Crippen LogP contribution in [0.4, 0.5) is 5.69 Å². The van der Waals surface area contributed by atoms with Gasteiger partial charge in [0.2, 0.25) is 0 Å². The quantitative estimate of drug-likeness (QED) is 0.249. The number of nitrogens with one attached hydrogen (secondary N) is 1. The Hall–Kier alpha value is -3.07. The van der Waals surface area contributed by atoms with Crippen molar-refractivity contribution in [3.63, 3.8) is 0 Å². The van der Waals surface area contributed by atoms with E-state index in [0.29, 0.717) is 16.0 Å². The van der Waals surface area contributed by atoms with E-state index >= 15 is 0 Å². The molecule has 0 saturated carbocycles. The van der Waals surface area contributed by atoms with Gasteiger partial charge in [-0.25, -0.2) is 8.42 Å². The fraction of sp³-hybridized carbons (Fsp3) is 0. The maximum absolute atomic E-state index is 13.0. The number of anilines is 1. The molecule has 8 heteroatoms. The van der Waals surface area contributed by atoms with Crippen molar-refractivity contribution in [3.8, 4) is 5.75 Å². The van der Waals surface area contributed by atoms with Crippen molar-refractivity contribution in [2.75, 3.05) is 4.72 Å². The summed E-state index contributed by atoms with van der Waals surface area (Å²) in [5.41, 5.74) is 1.89. The van der Waals surface area contributed by atoms with E-state index in [9.17, 15) is 13.5 Å². The van der Waals surface area contributed by atoms with Crippen molar-refractivity contribution in [2.45, 2.75) is 14.7 Å². The predicted molar refractivity (Wildman–Crippen MR) is 139 cm³/mol. The number of phenolic OH excluding ortho intramolecular Hbond substituents is 1. The number of halogens is 1. The standard InChI is InChI=1S/C25H19BrN2O3S2/c1-3-19-20(4-2)25(29)23(32-22-9-5-7-16-8-6-14-27-24(16)22)15-21(19)28-33(30,31)18-12-10-17(26)11-13-18/h3-15,28-29H,1-2H2. The van der Waals surface area contributed by atoms with Crippen LogP contribution in [0, 0.1) is 0 Å². The third-order valence-corrected chi connectivity index (χ3v) is 7.93. The summed E-state index contributed by atoms with van der Waals surface area (Å²) in [6, 6.07) is 17.5. The molecule has 1 heterocycles. The van der Waals surface area contributed by atoms with E-state index in [2.05, 4.69) is 38.8 Å². The molecule has 166 valence electrons. The van der Waals surface area contributed by atoms with Crippen molar-refractivity contribution >= 4 is 66.5 Å². The Kier molecular flexibility index (Phi) is 6.60. The molecular formula is C25H19BrN2O3S2. The smallest absolute Gasteiger partial charge is 0.261 e. The van der Waals surface area contributed by atoms with E-state index in [4.69, 9.17) is 0 Å². The number of aromatic nitrogens is 1. The lowest BCUT2D eigenvalue weighted by Crippen LogP contribution is -2.14. The normalized spacial score (nSPS) is 11.3. The summed E-state index contributed by atoms with van der Waals surface area (Å²) in [5.74, 6) is -0.00979. The number of hydrogen-bond acceptors (Lipinski definition) is 5. The molecule has 0 bridgehead atoms. The molecule has 4 rings (SSSR count). The molecule has 0 unspecified atom stereocenters. The van der Waals surface area contributed by atoms with E-state index in [1.54, 1.807) is 24.4 Å². The van der Waals surface area contributed by atoms with Crippen molar-refractivity contribution in [2.24, 2.45) is 0 Å². The summed E-state index contributed by atoms with van der Waals surface area (Å²) in [5, 5.41) is 11.9. The van der Waals surface area contributed by atoms with Gasteiger partial charge in [-0.15, -0.1) is 0 Å². The van der Waals surface area contributed by atoms with Crippen LogP contribution in [-0.4, -0.2) is 18.5 Å². The Morgan fingerprint density at radius 2 is 1.67 bits per heavy atom. The highest BCUT2D eigenvalue weighted by Crippen LogP contribution is 2.44. The average Bonchev–Trinajstić information content (AvgIpc) is 2.81. The summed E-state index contributed by atoms with van der Waals surface area (Å²) >= 11 is 4.61. The molecule has 0 aliphatic heterocycles. The van der Waals surface area contributed by atoms with Crippen LogP contribution in [0.5, 0.6) is 5.75 Å². The fourth-order valence-corrected chi connectivity index (χ4v) is 5.73. The number of rotatable bonds is 7. The Morgan fingerprint density at radius 3 is 2.36 bits per heavy atom. The van der Waals surface area contributed by atoms with Crippen LogP contribution in [0.3, 0.4) is 0 Å². The summed E-state index contributed by atoms with van der Waals surface area (Å²) in [6.07, 6.45) is 4.68. The van der Waals surface area contributed by atoms with Gasteiger partial charge in [0.15, 0.2) is 0 Å². The topological polar surface area (TPSA) is 79.3 Å². The molecule has 0 fully saturated rings. The maximum atomic E-state index is 13.0. The van der Waals surface area contributed by atoms with Gasteiger partial charge in [-0.1, -0.05) is 71.2 Å². The molecule has 2 N–H and O–H groups in total. The first-order valence-corrected chi connectivity index (χ1v) is 12.9. The van der Waals surface area contributed by atoms with Crippen LogP contribution >= 0.6 is 27.7 Å². The monoisotopic (exact) mass is 538 g/mol. The lowest BCUT2D eigenvalue weighted by molar-refractivity contribution is 0.461. The van der Waals surface area contributed by atoms with Gasteiger partial charge in [0, 0.05) is 32.1 Å². The molecule has 0 spiro atoms. The third kappa shape index (κ3) is 4.68. The van der Waals surface area contributed by atoms with Crippen molar-refractivity contribution in [1.82, 2.24) is 4.98 Å². The number of fused-ring (bicyclic) bond motifs is 1. The van der Waals surface area contributed by atoms with Crippen molar-refractivity contribution in [3.05, 3.63) is 95.6 Å². The number of sulfonamides is 1. The van der Waals surface area contributed by atoms with Gasteiger partial charge >= 0.3 is 0 Å². The Labute approximate surface area is 205 Å².